The van der Waals surface area contributed by atoms with Crippen LogP contribution in [0.3, 0.4) is 0 Å². The van der Waals surface area contributed by atoms with Gasteiger partial charge in [0.05, 0.1) is 17.6 Å². The molecule has 10 heteroatoms. The molecule has 0 unspecified atom stereocenters. The quantitative estimate of drug-likeness (QED) is 0.374. The van der Waals surface area contributed by atoms with Crippen LogP contribution in [-0.2, 0) is 24.8 Å². The van der Waals surface area contributed by atoms with Crippen LogP contribution in [-0.4, -0.2) is 56.7 Å². The number of amides is 2. The van der Waals surface area contributed by atoms with Crippen molar-refractivity contribution in [3.8, 4) is 11.3 Å². The lowest BCUT2D eigenvalue weighted by Crippen LogP contribution is -2.38. The number of fused-ring (bicyclic) bond motifs is 1. The molecule has 1 aliphatic heterocycles. The number of benzene rings is 2. The van der Waals surface area contributed by atoms with Gasteiger partial charge in [0.1, 0.15) is 6.54 Å². The predicted octanol–water partition coefficient (Wildman–Crippen LogP) is 3.86. The third-order valence-corrected chi connectivity index (χ3v) is 7.89. The maximum Gasteiger partial charge on any atom is 0.293 e. The van der Waals surface area contributed by atoms with Crippen molar-refractivity contribution in [3.05, 3.63) is 87.6 Å². The molecule has 2 aromatic carbocycles. The molecule has 1 fully saturated rings. The van der Waals surface area contributed by atoms with Crippen LogP contribution < -0.4 is 15.8 Å². The number of hydrogen-bond acceptors (Lipinski definition) is 6. The fraction of sp³-hybridized carbons (Fsp3) is 0.323. The smallest absolute Gasteiger partial charge is 0.293 e. The topological polar surface area (TPSA) is 105 Å². The van der Waals surface area contributed by atoms with Gasteiger partial charge in [-0.25, -0.2) is 4.98 Å². The van der Waals surface area contributed by atoms with Gasteiger partial charge in [0, 0.05) is 56.9 Å². The summed E-state index contributed by atoms with van der Waals surface area (Å²) >= 11 is 0. The zero-order valence-corrected chi connectivity index (χ0v) is 23.7. The standard InChI is InChI=1S/C31H33N7O3/c1-19-24(6-5-7-27(19)38-13-12-22-14-21(20-8-9-20)10-11-25(22)30(38)40)26-17-36(4)31(41)29(34-26)33-23-15-32-37(16-23)18-28(39)35(2)3/h5-7,10-11,14-17,20H,8-9,12-13,18H2,1-4H3,(H,33,34). The molecule has 41 heavy (non-hydrogen) atoms. The van der Waals surface area contributed by atoms with E-state index in [9.17, 15) is 14.4 Å². The fourth-order valence-electron chi connectivity index (χ4n) is 5.35. The van der Waals surface area contributed by atoms with Gasteiger partial charge >= 0.3 is 0 Å². The molecule has 1 N–H and O–H groups in total. The highest BCUT2D eigenvalue weighted by atomic mass is 16.2. The third-order valence-electron chi connectivity index (χ3n) is 7.89. The summed E-state index contributed by atoms with van der Waals surface area (Å²) in [6.45, 7) is 2.68. The number of hydrogen-bond donors (Lipinski definition) is 1. The second-order valence-corrected chi connectivity index (χ2v) is 11.1. The molecule has 4 aromatic rings. The van der Waals surface area contributed by atoms with Crippen LogP contribution >= 0.6 is 0 Å². The van der Waals surface area contributed by atoms with Crippen molar-refractivity contribution >= 4 is 29.0 Å². The molecule has 0 radical (unpaired) electrons. The van der Waals surface area contributed by atoms with Gasteiger partial charge in [-0.2, -0.15) is 5.10 Å². The van der Waals surface area contributed by atoms with Gasteiger partial charge < -0.3 is 19.7 Å². The van der Waals surface area contributed by atoms with E-state index in [-0.39, 0.29) is 29.7 Å². The van der Waals surface area contributed by atoms with Gasteiger partial charge in [0.15, 0.2) is 5.82 Å². The van der Waals surface area contributed by atoms with Gasteiger partial charge in [-0.15, -0.1) is 0 Å². The number of carbonyl (C=O) groups excluding carboxylic acids is 2. The molecule has 2 amide bonds. The van der Waals surface area contributed by atoms with Crippen LogP contribution in [0.1, 0.15) is 45.8 Å². The van der Waals surface area contributed by atoms with Gasteiger partial charge in [-0.05, 0) is 60.9 Å². The minimum Gasteiger partial charge on any atom is -0.347 e. The van der Waals surface area contributed by atoms with Crippen LogP contribution in [0, 0.1) is 6.92 Å². The fourth-order valence-corrected chi connectivity index (χ4v) is 5.35. The summed E-state index contributed by atoms with van der Waals surface area (Å²) in [7, 11) is 5.05. The summed E-state index contributed by atoms with van der Waals surface area (Å²) < 4.78 is 2.99. The number of rotatable bonds is 7. The number of anilines is 3. The summed E-state index contributed by atoms with van der Waals surface area (Å²) in [4.78, 5) is 46.6. The first kappa shape index (κ1) is 26.5. The highest BCUT2D eigenvalue weighted by Crippen LogP contribution is 2.41. The van der Waals surface area contributed by atoms with Crippen LogP contribution in [0.25, 0.3) is 11.3 Å². The van der Waals surface area contributed by atoms with E-state index in [0.29, 0.717) is 23.8 Å². The van der Waals surface area contributed by atoms with E-state index in [1.807, 2.05) is 36.1 Å². The molecule has 2 aliphatic rings. The molecule has 0 spiro atoms. The van der Waals surface area contributed by atoms with Gasteiger partial charge in [0.2, 0.25) is 5.91 Å². The molecular weight excluding hydrogens is 518 g/mol. The molecule has 1 aliphatic carbocycles. The molecule has 0 atom stereocenters. The second kappa shape index (κ2) is 10.3. The van der Waals surface area contributed by atoms with Crippen molar-refractivity contribution in [3.63, 3.8) is 0 Å². The normalized spacial score (nSPS) is 14.6. The van der Waals surface area contributed by atoms with Gasteiger partial charge in [-0.3, -0.25) is 19.1 Å². The van der Waals surface area contributed by atoms with Gasteiger partial charge in [0.25, 0.3) is 11.5 Å². The van der Waals surface area contributed by atoms with E-state index >= 15 is 0 Å². The first-order chi connectivity index (χ1) is 19.7. The van der Waals surface area contributed by atoms with E-state index in [4.69, 9.17) is 0 Å². The number of aryl methyl sites for hydroxylation is 1. The maximum absolute atomic E-state index is 13.6. The number of carbonyl (C=O) groups is 2. The molecule has 1 saturated carbocycles. The molecule has 6 rings (SSSR count). The van der Waals surface area contributed by atoms with E-state index in [1.165, 1.54) is 32.6 Å². The Morgan fingerprint density at radius 2 is 1.90 bits per heavy atom. The molecule has 0 bridgehead atoms. The lowest BCUT2D eigenvalue weighted by molar-refractivity contribution is -0.129. The Kier molecular flexibility index (Phi) is 6.69. The molecule has 10 nitrogen and oxygen atoms in total. The van der Waals surface area contributed by atoms with E-state index in [1.54, 1.807) is 39.7 Å². The third kappa shape index (κ3) is 5.13. The molecule has 210 valence electrons. The van der Waals surface area contributed by atoms with E-state index in [2.05, 4.69) is 27.5 Å². The summed E-state index contributed by atoms with van der Waals surface area (Å²) in [6, 6.07) is 12.1. The van der Waals surface area contributed by atoms with Crippen molar-refractivity contribution in [1.29, 1.82) is 0 Å². The lowest BCUT2D eigenvalue weighted by atomic mass is 9.94. The highest BCUT2D eigenvalue weighted by molar-refractivity contribution is 6.09. The first-order valence-corrected chi connectivity index (χ1v) is 13.8. The van der Waals surface area contributed by atoms with Crippen LogP contribution in [0.2, 0.25) is 0 Å². The predicted molar refractivity (Wildman–Crippen MR) is 158 cm³/mol. The van der Waals surface area contributed by atoms with Crippen LogP contribution in [0.15, 0.2) is 59.8 Å². The largest absolute Gasteiger partial charge is 0.347 e. The number of aromatic nitrogens is 4. The van der Waals surface area contributed by atoms with Crippen LogP contribution in [0.4, 0.5) is 17.2 Å². The number of nitrogens with one attached hydrogen (secondary N) is 1. The minimum absolute atomic E-state index is 0.00869. The Labute approximate surface area is 238 Å². The summed E-state index contributed by atoms with van der Waals surface area (Å²) in [6.07, 6.45) is 8.20. The van der Waals surface area contributed by atoms with E-state index in [0.717, 1.165) is 34.4 Å². The Morgan fingerprint density at radius 1 is 1.10 bits per heavy atom. The highest BCUT2D eigenvalue weighted by Gasteiger charge is 2.30. The molecule has 2 aromatic heterocycles. The number of nitrogens with zero attached hydrogens (tertiary/aromatic N) is 6. The van der Waals surface area contributed by atoms with Gasteiger partial charge in [-0.1, -0.05) is 24.3 Å². The number of likely N-dealkylation sites (N-methyl/N-ethyl adjacent to an activating group) is 1. The molecular formula is C31H33N7O3. The first-order valence-electron chi connectivity index (χ1n) is 13.8. The van der Waals surface area contributed by atoms with Crippen molar-refractivity contribution in [2.45, 2.75) is 38.6 Å². The Morgan fingerprint density at radius 3 is 2.66 bits per heavy atom. The lowest BCUT2D eigenvalue weighted by Gasteiger charge is -2.30. The zero-order valence-electron chi connectivity index (χ0n) is 23.7. The van der Waals surface area contributed by atoms with Crippen molar-refractivity contribution in [2.75, 3.05) is 30.9 Å². The maximum atomic E-state index is 13.6. The summed E-state index contributed by atoms with van der Waals surface area (Å²) in [5.41, 5.74) is 6.67. The van der Waals surface area contributed by atoms with Crippen molar-refractivity contribution < 1.29 is 9.59 Å². The van der Waals surface area contributed by atoms with Crippen molar-refractivity contribution in [2.24, 2.45) is 7.05 Å². The van der Waals surface area contributed by atoms with Crippen molar-refractivity contribution in [1.82, 2.24) is 24.2 Å². The zero-order chi connectivity index (χ0) is 28.8. The Hall–Kier alpha value is -4.73. The second-order valence-electron chi connectivity index (χ2n) is 11.1. The van der Waals surface area contributed by atoms with Crippen LogP contribution in [0.5, 0.6) is 0 Å². The molecule has 3 heterocycles. The Balaban J connectivity index is 1.28. The Bertz CT molecular complexity index is 1730. The summed E-state index contributed by atoms with van der Waals surface area (Å²) in [5, 5.41) is 7.28. The summed E-state index contributed by atoms with van der Waals surface area (Å²) in [5.74, 6) is 0.714. The van der Waals surface area contributed by atoms with E-state index < -0.39 is 0 Å². The minimum atomic E-state index is -0.298. The average Bonchev–Trinajstić information content (AvgIpc) is 3.72. The molecule has 0 saturated heterocycles. The average molecular weight is 552 g/mol. The monoisotopic (exact) mass is 551 g/mol. The SMILES string of the molecule is Cc1c(-c2cn(C)c(=O)c(Nc3cnn(CC(=O)N(C)C)c3)n2)cccc1N1CCc2cc(C3CC3)ccc2C1=O.